The first-order valence-electron chi connectivity index (χ1n) is 14.1. The van der Waals surface area contributed by atoms with E-state index in [0.29, 0.717) is 24.4 Å². The van der Waals surface area contributed by atoms with Gasteiger partial charge in [0.2, 0.25) is 0 Å². The fraction of sp³-hybridized carbons (Fsp3) is 0.355. The van der Waals surface area contributed by atoms with Crippen LogP contribution in [-0.2, 0) is 16.0 Å². The van der Waals surface area contributed by atoms with Crippen molar-refractivity contribution in [2.75, 3.05) is 32.3 Å². The van der Waals surface area contributed by atoms with Crippen molar-refractivity contribution in [3.05, 3.63) is 78.2 Å². The number of methoxy groups -OCH3 is 1. The Bertz CT molecular complexity index is 1660. The normalized spacial score (nSPS) is 20.4. The lowest BCUT2D eigenvalue weighted by atomic mass is 9.89. The minimum atomic E-state index is -0.197. The van der Waals surface area contributed by atoms with E-state index < -0.39 is 0 Å². The first kappa shape index (κ1) is 25.7. The number of carbonyl (C=O) groups is 1. The average molecular weight is 552 g/mol. The van der Waals surface area contributed by atoms with Crippen molar-refractivity contribution in [2.45, 2.75) is 44.0 Å². The molecule has 3 atom stereocenters. The largest absolute Gasteiger partial charge is 0.379 e. The Labute approximate surface area is 238 Å². The Hall–Kier alpha value is -4.28. The lowest BCUT2D eigenvalue weighted by Gasteiger charge is -2.35. The molecule has 0 bridgehead atoms. The summed E-state index contributed by atoms with van der Waals surface area (Å²) >= 11 is 0. The van der Waals surface area contributed by atoms with E-state index in [0.717, 1.165) is 54.3 Å². The van der Waals surface area contributed by atoms with Crippen LogP contribution in [0.5, 0.6) is 0 Å². The number of amides is 1. The minimum absolute atomic E-state index is 0.0101. The topological polar surface area (TPSA) is 98.8 Å². The van der Waals surface area contributed by atoms with Crippen LogP contribution in [0, 0.1) is 0 Å². The highest BCUT2D eigenvalue weighted by Crippen LogP contribution is 2.37. The maximum Gasteiger partial charge on any atom is 0.257 e. The number of nitrogens with one attached hydrogen (secondary N) is 1. The number of aromatic nitrogens is 5. The van der Waals surface area contributed by atoms with Gasteiger partial charge in [0.25, 0.3) is 5.91 Å². The number of pyridine rings is 1. The summed E-state index contributed by atoms with van der Waals surface area (Å²) in [5.74, 6) is 1.53. The third kappa shape index (κ3) is 4.62. The van der Waals surface area contributed by atoms with E-state index in [9.17, 15) is 4.79 Å². The van der Waals surface area contributed by atoms with Gasteiger partial charge in [0, 0.05) is 56.9 Å². The predicted octanol–water partition coefficient (Wildman–Crippen LogP) is 4.20. The molecule has 1 aromatic carbocycles. The number of nitrogens with zero attached hydrogens (tertiary/aromatic N) is 6. The number of anilines is 1. The van der Waals surface area contributed by atoms with Crippen LogP contribution in [0.3, 0.4) is 0 Å². The molecule has 1 aliphatic carbocycles. The van der Waals surface area contributed by atoms with Crippen LogP contribution in [0.1, 0.15) is 41.2 Å². The molecular formula is C31H33N7O3. The maximum atomic E-state index is 13.5. The first-order valence-corrected chi connectivity index (χ1v) is 14.1. The van der Waals surface area contributed by atoms with E-state index in [2.05, 4.69) is 50.3 Å². The highest BCUT2D eigenvalue weighted by molar-refractivity contribution is 6.00. The summed E-state index contributed by atoms with van der Waals surface area (Å²) in [5, 5.41) is 7.76. The lowest BCUT2D eigenvalue weighted by Crippen LogP contribution is -2.51. The van der Waals surface area contributed by atoms with E-state index in [-0.39, 0.29) is 24.1 Å². The van der Waals surface area contributed by atoms with Crippen LogP contribution in [0.4, 0.5) is 5.82 Å². The molecule has 1 amide bonds. The molecule has 7 rings (SSSR count). The molecule has 10 heteroatoms. The van der Waals surface area contributed by atoms with Gasteiger partial charge in [-0.05, 0) is 37.0 Å². The van der Waals surface area contributed by atoms with Crippen molar-refractivity contribution < 1.29 is 14.3 Å². The zero-order valence-corrected chi connectivity index (χ0v) is 23.2. The van der Waals surface area contributed by atoms with Gasteiger partial charge in [-0.25, -0.2) is 9.97 Å². The SMILES string of the molecule is CO[C@H]1CCC1NC(=O)c1cnn2c(N(C)Cc3ccccc3)cc(-c3cnc4n([C@H]5CCOC5)cccc3-4)nc12. The number of ether oxygens (including phenoxy) is 2. The fourth-order valence-electron chi connectivity index (χ4n) is 5.92. The second-order valence-corrected chi connectivity index (χ2v) is 10.9. The molecule has 1 saturated heterocycles. The summed E-state index contributed by atoms with van der Waals surface area (Å²) in [7, 11) is 3.71. The number of benzene rings is 1. The molecule has 2 fully saturated rings. The highest BCUT2D eigenvalue weighted by atomic mass is 16.5. The standard InChI is InChI=1S/C31H33N7O3/c1-36(18-20-7-4-3-5-8-20)28-15-26(23-16-32-29-22(23)9-6-13-37(29)21-12-14-41-19-21)34-30-24(17-33-38(28)30)31(39)35-25-10-11-27(25)40-2/h3-9,13,15-17,21,25,27H,10-12,14,18-19H2,1-2H3,(H,35,39)/t21-,25?,27-/m0/s1. The van der Waals surface area contributed by atoms with Gasteiger partial charge < -0.3 is 24.3 Å². The van der Waals surface area contributed by atoms with Crippen LogP contribution in [0.15, 0.2) is 67.1 Å². The molecule has 10 nitrogen and oxygen atoms in total. The first-order chi connectivity index (χ1) is 20.1. The van der Waals surface area contributed by atoms with Crippen LogP contribution in [0.25, 0.3) is 28.3 Å². The van der Waals surface area contributed by atoms with Gasteiger partial charge in [-0.2, -0.15) is 9.61 Å². The van der Waals surface area contributed by atoms with E-state index in [1.807, 2.05) is 37.5 Å². The van der Waals surface area contributed by atoms with E-state index >= 15 is 0 Å². The Morgan fingerprint density at radius 2 is 2.00 bits per heavy atom. The Balaban J connectivity index is 1.31. The second kappa shape index (κ2) is 10.6. The van der Waals surface area contributed by atoms with Crippen molar-refractivity contribution in [1.82, 2.24) is 29.5 Å². The number of fused-ring (bicyclic) bond motifs is 2. The molecule has 5 heterocycles. The molecule has 0 radical (unpaired) electrons. The maximum absolute atomic E-state index is 13.5. The summed E-state index contributed by atoms with van der Waals surface area (Å²) in [5.41, 5.74) is 4.77. The van der Waals surface area contributed by atoms with E-state index in [1.165, 1.54) is 5.56 Å². The van der Waals surface area contributed by atoms with Crippen LogP contribution in [-0.4, -0.2) is 69.6 Å². The van der Waals surface area contributed by atoms with Gasteiger partial charge in [0.05, 0.1) is 36.7 Å². The monoisotopic (exact) mass is 551 g/mol. The van der Waals surface area contributed by atoms with Crippen molar-refractivity contribution in [2.24, 2.45) is 0 Å². The number of hydrogen-bond donors (Lipinski definition) is 1. The van der Waals surface area contributed by atoms with Crippen molar-refractivity contribution in [3.63, 3.8) is 0 Å². The molecular weight excluding hydrogens is 518 g/mol. The number of rotatable bonds is 8. The lowest BCUT2D eigenvalue weighted by molar-refractivity contribution is 0.00732. The number of hydrogen-bond acceptors (Lipinski definition) is 7. The van der Waals surface area contributed by atoms with Crippen LogP contribution < -0.4 is 10.2 Å². The van der Waals surface area contributed by atoms with E-state index in [1.54, 1.807) is 17.8 Å². The van der Waals surface area contributed by atoms with Gasteiger partial charge in [0.15, 0.2) is 5.65 Å². The average Bonchev–Trinajstić information content (AvgIpc) is 3.75. The Kier molecular flexibility index (Phi) is 6.64. The highest BCUT2D eigenvalue weighted by Gasteiger charge is 2.33. The Morgan fingerprint density at radius 1 is 1.12 bits per heavy atom. The molecule has 1 unspecified atom stereocenters. The number of carbonyl (C=O) groups excluding carboxylic acids is 1. The van der Waals surface area contributed by atoms with Crippen molar-refractivity contribution >= 4 is 17.4 Å². The molecule has 3 aliphatic heterocycles. The van der Waals surface area contributed by atoms with Crippen molar-refractivity contribution in [3.8, 4) is 22.6 Å². The molecule has 1 N–H and O–H groups in total. The molecule has 3 aromatic rings. The molecule has 2 aromatic heterocycles. The minimum Gasteiger partial charge on any atom is -0.379 e. The summed E-state index contributed by atoms with van der Waals surface area (Å²) in [4.78, 5) is 25.4. The summed E-state index contributed by atoms with van der Waals surface area (Å²) < 4.78 is 15.1. The second-order valence-electron chi connectivity index (χ2n) is 10.9. The third-order valence-electron chi connectivity index (χ3n) is 8.36. The third-order valence-corrected chi connectivity index (χ3v) is 8.36. The zero-order chi connectivity index (χ0) is 27.9. The molecule has 4 aliphatic rings. The molecule has 1 saturated carbocycles. The predicted molar refractivity (Wildman–Crippen MR) is 155 cm³/mol. The van der Waals surface area contributed by atoms with Crippen LogP contribution in [0.2, 0.25) is 0 Å². The summed E-state index contributed by atoms with van der Waals surface area (Å²) in [6.07, 6.45) is 8.39. The van der Waals surface area contributed by atoms with Gasteiger partial charge in [-0.1, -0.05) is 30.3 Å². The molecule has 0 spiro atoms. The fourth-order valence-corrected chi connectivity index (χ4v) is 5.92. The molecule has 210 valence electrons. The quantitative estimate of drug-likeness (QED) is 0.309. The molecule has 41 heavy (non-hydrogen) atoms. The van der Waals surface area contributed by atoms with Gasteiger partial charge in [-0.15, -0.1) is 0 Å². The van der Waals surface area contributed by atoms with Gasteiger partial charge in [0.1, 0.15) is 17.2 Å². The zero-order valence-electron chi connectivity index (χ0n) is 23.2. The van der Waals surface area contributed by atoms with E-state index in [4.69, 9.17) is 19.4 Å². The smallest absolute Gasteiger partial charge is 0.257 e. The van der Waals surface area contributed by atoms with Gasteiger partial charge in [-0.3, -0.25) is 4.79 Å². The van der Waals surface area contributed by atoms with Crippen LogP contribution >= 0.6 is 0 Å². The summed E-state index contributed by atoms with van der Waals surface area (Å²) in [6.45, 7) is 2.11. The Morgan fingerprint density at radius 3 is 2.76 bits per heavy atom. The van der Waals surface area contributed by atoms with Crippen molar-refractivity contribution in [1.29, 1.82) is 0 Å². The summed E-state index contributed by atoms with van der Waals surface area (Å²) in [6, 6.07) is 16.7. The van der Waals surface area contributed by atoms with Gasteiger partial charge >= 0.3 is 0 Å².